The Morgan fingerprint density at radius 3 is 3.00 bits per heavy atom. The summed E-state index contributed by atoms with van der Waals surface area (Å²) in [5.41, 5.74) is 2.29. The van der Waals surface area contributed by atoms with Crippen molar-refractivity contribution >= 4 is 11.6 Å². The Kier molecular flexibility index (Phi) is 5.41. The van der Waals surface area contributed by atoms with Crippen LogP contribution >= 0.6 is 0 Å². The molecule has 0 atom stereocenters. The van der Waals surface area contributed by atoms with Gasteiger partial charge in [-0.1, -0.05) is 6.07 Å². The van der Waals surface area contributed by atoms with Gasteiger partial charge in [0, 0.05) is 51.1 Å². The molecule has 1 N–H and O–H groups in total. The summed E-state index contributed by atoms with van der Waals surface area (Å²) >= 11 is 0. The molecule has 1 aromatic carbocycles. The topological polar surface area (TPSA) is 51.5 Å². The molecular formula is C20H28N4O2. The van der Waals surface area contributed by atoms with E-state index in [2.05, 4.69) is 19.8 Å². The number of hydrogen-bond acceptors (Lipinski definition) is 5. The second kappa shape index (κ2) is 8.10. The summed E-state index contributed by atoms with van der Waals surface area (Å²) < 4.78 is 13.1. The normalized spacial score (nSPS) is 19.0. The van der Waals surface area contributed by atoms with Crippen LogP contribution in [0, 0.1) is 5.92 Å². The Morgan fingerprint density at radius 2 is 2.15 bits per heavy atom. The number of anilines is 2. The van der Waals surface area contributed by atoms with E-state index in [9.17, 15) is 0 Å². The van der Waals surface area contributed by atoms with E-state index < -0.39 is 0 Å². The van der Waals surface area contributed by atoms with Gasteiger partial charge in [-0.3, -0.25) is 4.90 Å². The maximum Gasteiger partial charge on any atom is 0.207 e. The zero-order valence-electron chi connectivity index (χ0n) is 15.5. The lowest BCUT2D eigenvalue weighted by Gasteiger charge is -2.28. The summed E-state index contributed by atoms with van der Waals surface area (Å²) in [5, 5.41) is 3.45. The highest BCUT2D eigenvalue weighted by Gasteiger charge is 2.22. The minimum absolute atomic E-state index is 0.771. The second-order valence-corrected chi connectivity index (χ2v) is 7.23. The minimum atomic E-state index is 0.771. The van der Waals surface area contributed by atoms with Crippen molar-refractivity contribution in [3.05, 3.63) is 36.2 Å². The van der Waals surface area contributed by atoms with E-state index in [1.807, 2.05) is 30.5 Å². The number of nitrogens with zero attached hydrogens (tertiary/aromatic N) is 3. The highest BCUT2D eigenvalue weighted by molar-refractivity contribution is 5.56. The van der Waals surface area contributed by atoms with Crippen LogP contribution < -0.4 is 10.1 Å². The first-order valence-corrected chi connectivity index (χ1v) is 9.57. The number of nitrogens with one attached hydrogen (secondary N) is 1. The van der Waals surface area contributed by atoms with Crippen LogP contribution in [-0.4, -0.2) is 47.9 Å². The highest BCUT2D eigenvalue weighted by atomic mass is 16.5. The van der Waals surface area contributed by atoms with Crippen LogP contribution in [0.5, 0.6) is 5.75 Å². The van der Waals surface area contributed by atoms with Crippen LogP contribution in [-0.2, 0) is 17.8 Å². The van der Waals surface area contributed by atoms with Crippen molar-refractivity contribution in [1.82, 2.24) is 14.5 Å². The molecule has 2 aliphatic heterocycles. The number of fused-ring (bicyclic) bond motifs is 1. The molecule has 2 aromatic rings. The van der Waals surface area contributed by atoms with Gasteiger partial charge in [0.2, 0.25) is 5.95 Å². The number of aromatic nitrogens is 2. The number of rotatable bonds is 5. The molecule has 1 fully saturated rings. The molecule has 140 valence electrons. The van der Waals surface area contributed by atoms with Crippen molar-refractivity contribution in [2.75, 3.05) is 38.7 Å². The number of methoxy groups -OCH3 is 1. The maximum absolute atomic E-state index is 5.50. The van der Waals surface area contributed by atoms with Crippen LogP contribution in [0.15, 0.2) is 30.5 Å². The molecule has 1 saturated heterocycles. The van der Waals surface area contributed by atoms with Crippen molar-refractivity contribution in [3.63, 3.8) is 0 Å². The van der Waals surface area contributed by atoms with Gasteiger partial charge in [-0.05, 0) is 37.3 Å². The van der Waals surface area contributed by atoms with E-state index in [4.69, 9.17) is 9.47 Å². The van der Waals surface area contributed by atoms with Crippen LogP contribution in [0.25, 0.3) is 0 Å². The summed E-state index contributed by atoms with van der Waals surface area (Å²) in [7, 11) is 1.69. The Bertz CT molecular complexity index is 724. The highest BCUT2D eigenvalue weighted by Crippen LogP contribution is 2.25. The maximum atomic E-state index is 5.50. The molecule has 1 aromatic heterocycles. The quantitative estimate of drug-likeness (QED) is 0.891. The summed E-state index contributed by atoms with van der Waals surface area (Å²) in [6, 6.07) is 7.97. The van der Waals surface area contributed by atoms with E-state index in [0.29, 0.717) is 0 Å². The summed E-state index contributed by atoms with van der Waals surface area (Å²) in [6.07, 6.45) is 5.56. The molecule has 0 saturated carbocycles. The third kappa shape index (κ3) is 4.02. The predicted octanol–water partition coefficient (Wildman–Crippen LogP) is 3.27. The molecule has 0 amide bonds. The van der Waals surface area contributed by atoms with E-state index in [0.717, 1.165) is 62.6 Å². The Balaban J connectivity index is 1.44. The van der Waals surface area contributed by atoms with E-state index in [1.165, 1.54) is 25.1 Å². The number of ether oxygens (including phenoxy) is 2. The van der Waals surface area contributed by atoms with Crippen molar-refractivity contribution in [2.24, 2.45) is 5.92 Å². The second-order valence-electron chi connectivity index (χ2n) is 7.23. The molecule has 6 nitrogen and oxygen atoms in total. The van der Waals surface area contributed by atoms with Crippen LogP contribution in [0.2, 0.25) is 0 Å². The first kappa shape index (κ1) is 17.4. The molecular weight excluding hydrogens is 328 g/mol. The van der Waals surface area contributed by atoms with Gasteiger partial charge >= 0.3 is 0 Å². The van der Waals surface area contributed by atoms with Gasteiger partial charge in [0.25, 0.3) is 0 Å². The zero-order chi connectivity index (χ0) is 17.8. The molecule has 0 unspecified atom stereocenters. The molecule has 26 heavy (non-hydrogen) atoms. The smallest absolute Gasteiger partial charge is 0.207 e. The number of imidazole rings is 1. The van der Waals surface area contributed by atoms with Gasteiger partial charge in [0.15, 0.2) is 0 Å². The van der Waals surface area contributed by atoms with E-state index >= 15 is 0 Å². The molecule has 0 bridgehead atoms. The fourth-order valence-corrected chi connectivity index (χ4v) is 3.93. The lowest BCUT2D eigenvalue weighted by Crippen LogP contribution is -2.32. The average molecular weight is 356 g/mol. The lowest BCUT2D eigenvalue weighted by molar-refractivity contribution is 0.0516. The third-order valence-corrected chi connectivity index (χ3v) is 5.36. The van der Waals surface area contributed by atoms with Crippen molar-refractivity contribution in [3.8, 4) is 5.75 Å². The summed E-state index contributed by atoms with van der Waals surface area (Å²) in [5.74, 6) is 2.54. The first-order valence-electron chi connectivity index (χ1n) is 9.57. The SMILES string of the molecule is COc1cccc(Nc2ncc3n2CCCN(CC2CCOCC2)C3)c1. The molecule has 0 spiro atoms. The van der Waals surface area contributed by atoms with E-state index in [1.54, 1.807) is 7.11 Å². The zero-order valence-corrected chi connectivity index (χ0v) is 15.5. The molecule has 4 rings (SSSR count). The van der Waals surface area contributed by atoms with Gasteiger partial charge in [-0.15, -0.1) is 0 Å². The Hall–Kier alpha value is -2.05. The van der Waals surface area contributed by atoms with Gasteiger partial charge < -0.3 is 19.4 Å². The molecule has 6 heteroatoms. The van der Waals surface area contributed by atoms with Crippen LogP contribution in [0.1, 0.15) is 25.0 Å². The first-order chi connectivity index (χ1) is 12.8. The minimum Gasteiger partial charge on any atom is -0.497 e. The largest absolute Gasteiger partial charge is 0.497 e. The molecule has 0 radical (unpaired) electrons. The Morgan fingerprint density at radius 1 is 1.27 bits per heavy atom. The van der Waals surface area contributed by atoms with Gasteiger partial charge in [-0.25, -0.2) is 4.98 Å². The van der Waals surface area contributed by atoms with Gasteiger partial charge in [0.05, 0.1) is 19.0 Å². The Labute approximate surface area is 155 Å². The fourth-order valence-electron chi connectivity index (χ4n) is 3.93. The number of benzene rings is 1. The average Bonchev–Trinajstić information content (AvgIpc) is 2.92. The molecule has 3 heterocycles. The van der Waals surface area contributed by atoms with Crippen molar-refractivity contribution in [1.29, 1.82) is 0 Å². The fraction of sp³-hybridized carbons (Fsp3) is 0.550. The third-order valence-electron chi connectivity index (χ3n) is 5.36. The molecule has 0 aliphatic carbocycles. The van der Waals surface area contributed by atoms with Crippen molar-refractivity contribution in [2.45, 2.75) is 32.4 Å². The lowest BCUT2D eigenvalue weighted by atomic mass is 9.99. The van der Waals surface area contributed by atoms with E-state index in [-0.39, 0.29) is 0 Å². The van der Waals surface area contributed by atoms with Crippen LogP contribution in [0.4, 0.5) is 11.6 Å². The van der Waals surface area contributed by atoms with Gasteiger partial charge in [0.1, 0.15) is 5.75 Å². The summed E-state index contributed by atoms with van der Waals surface area (Å²) in [4.78, 5) is 7.22. The molecule has 2 aliphatic rings. The summed E-state index contributed by atoms with van der Waals surface area (Å²) in [6.45, 7) is 6.15. The predicted molar refractivity (Wildman–Crippen MR) is 102 cm³/mol. The van der Waals surface area contributed by atoms with Crippen LogP contribution in [0.3, 0.4) is 0 Å². The standard InChI is InChI=1S/C20H28N4O2/c1-25-19-5-2-4-17(12-19)22-20-21-13-18-15-23(8-3-9-24(18)20)14-16-6-10-26-11-7-16/h2,4-5,12-13,16H,3,6-11,14-15H2,1H3,(H,21,22). The number of hydrogen-bond donors (Lipinski definition) is 1. The van der Waals surface area contributed by atoms with Gasteiger partial charge in [-0.2, -0.15) is 0 Å². The monoisotopic (exact) mass is 356 g/mol. The van der Waals surface area contributed by atoms with Crippen molar-refractivity contribution < 1.29 is 9.47 Å².